The summed E-state index contributed by atoms with van der Waals surface area (Å²) >= 11 is 0. The predicted octanol–water partition coefficient (Wildman–Crippen LogP) is 3.35. The van der Waals surface area contributed by atoms with E-state index in [9.17, 15) is 14.7 Å². The summed E-state index contributed by atoms with van der Waals surface area (Å²) in [7, 11) is 1.50. The fourth-order valence-corrected chi connectivity index (χ4v) is 1.97. The van der Waals surface area contributed by atoms with E-state index in [0.29, 0.717) is 11.4 Å². The first-order valence-corrected chi connectivity index (χ1v) is 6.56. The number of ether oxygens (including phenoxy) is 1. The van der Waals surface area contributed by atoms with E-state index in [1.54, 1.807) is 43.3 Å². The van der Waals surface area contributed by atoms with Gasteiger partial charge in [-0.1, -0.05) is 23.8 Å². The van der Waals surface area contributed by atoms with E-state index in [1.165, 1.54) is 13.2 Å². The molecule has 0 fully saturated rings. The fraction of sp³-hybridized carbons (Fsp3) is 0.125. The normalized spacial score (nSPS) is 9.91. The van der Waals surface area contributed by atoms with Gasteiger partial charge >= 0.3 is 12.0 Å². The van der Waals surface area contributed by atoms with Crippen LogP contribution in [0.5, 0.6) is 5.75 Å². The summed E-state index contributed by atoms with van der Waals surface area (Å²) in [5, 5.41) is 14.3. The van der Waals surface area contributed by atoms with Crippen molar-refractivity contribution >= 4 is 23.4 Å². The second-order valence-corrected chi connectivity index (χ2v) is 4.63. The molecular weight excluding hydrogens is 284 g/mol. The molecule has 6 nitrogen and oxygen atoms in total. The molecule has 0 saturated carbocycles. The van der Waals surface area contributed by atoms with Crippen LogP contribution in [0.15, 0.2) is 42.5 Å². The van der Waals surface area contributed by atoms with Gasteiger partial charge in [0, 0.05) is 0 Å². The Bertz CT molecular complexity index is 713. The molecule has 0 aliphatic carbocycles. The number of carboxylic acids is 1. The van der Waals surface area contributed by atoms with E-state index < -0.39 is 12.0 Å². The molecule has 0 bridgehead atoms. The second kappa shape index (κ2) is 6.62. The van der Waals surface area contributed by atoms with Gasteiger partial charge in [-0.05, 0) is 31.2 Å². The number of urea groups is 1. The molecule has 0 unspecified atom stereocenters. The van der Waals surface area contributed by atoms with Crippen LogP contribution in [-0.2, 0) is 0 Å². The Morgan fingerprint density at radius 1 is 1.05 bits per heavy atom. The highest BCUT2D eigenvalue weighted by Crippen LogP contribution is 2.24. The molecule has 0 saturated heterocycles. The second-order valence-electron chi connectivity index (χ2n) is 4.63. The number of nitrogens with one attached hydrogen (secondary N) is 2. The van der Waals surface area contributed by atoms with Crippen LogP contribution >= 0.6 is 0 Å². The number of methoxy groups -OCH3 is 1. The lowest BCUT2D eigenvalue weighted by atomic mass is 10.1. The molecule has 0 aromatic heterocycles. The van der Waals surface area contributed by atoms with Crippen molar-refractivity contribution in [3.05, 3.63) is 53.6 Å². The number of aromatic carboxylic acids is 1. The maximum absolute atomic E-state index is 12.0. The van der Waals surface area contributed by atoms with Gasteiger partial charge in [-0.15, -0.1) is 0 Å². The van der Waals surface area contributed by atoms with Gasteiger partial charge in [0.05, 0.1) is 24.0 Å². The lowest BCUT2D eigenvalue weighted by molar-refractivity contribution is 0.0698. The molecule has 0 radical (unpaired) electrons. The highest BCUT2D eigenvalue weighted by atomic mass is 16.5. The van der Waals surface area contributed by atoms with Crippen molar-refractivity contribution < 1.29 is 19.4 Å². The number of carboxylic acid groups (broad SMARTS) is 1. The first kappa shape index (κ1) is 15.4. The number of para-hydroxylation sites is 2. The van der Waals surface area contributed by atoms with Gasteiger partial charge in [0.2, 0.25) is 0 Å². The summed E-state index contributed by atoms with van der Waals surface area (Å²) in [6.45, 7) is 1.78. The van der Waals surface area contributed by atoms with E-state index >= 15 is 0 Å². The number of carbonyl (C=O) groups excluding carboxylic acids is 1. The van der Waals surface area contributed by atoms with Crippen LogP contribution in [0.1, 0.15) is 15.9 Å². The number of aryl methyl sites for hydroxylation is 1. The zero-order valence-corrected chi connectivity index (χ0v) is 12.2. The number of anilines is 2. The molecule has 2 rings (SSSR count). The molecule has 2 aromatic rings. The smallest absolute Gasteiger partial charge is 0.337 e. The number of hydrogen-bond donors (Lipinski definition) is 3. The van der Waals surface area contributed by atoms with Crippen molar-refractivity contribution in [2.75, 3.05) is 17.7 Å². The van der Waals surface area contributed by atoms with Gasteiger partial charge in [-0.25, -0.2) is 9.59 Å². The molecule has 3 N–H and O–H groups in total. The summed E-state index contributed by atoms with van der Waals surface area (Å²) < 4.78 is 5.14. The lowest BCUT2D eigenvalue weighted by Gasteiger charge is -2.12. The molecule has 0 spiro atoms. The zero-order valence-electron chi connectivity index (χ0n) is 12.2. The van der Waals surface area contributed by atoms with Gasteiger partial charge in [0.15, 0.2) is 0 Å². The summed E-state index contributed by atoms with van der Waals surface area (Å²) in [4.78, 5) is 23.3. The Morgan fingerprint density at radius 3 is 2.41 bits per heavy atom. The Hall–Kier alpha value is -3.02. The molecular formula is C16H16N2O4. The van der Waals surface area contributed by atoms with Gasteiger partial charge in [-0.3, -0.25) is 0 Å². The fourth-order valence-electron chi connectivity index (χ4n) is 1.97. The summed E-state index contributed by atoms with van der Waals surface area (Å²) in [5.74, 6) is -0.587. The third kappa shape index (κ3) is 3.54. The van der Waals surface area contributed by atoms with Crippen LogP contribution in [0.4, 0.5) is 16.2 Å². The third-order valence-electron chi connectivity index (χ3n) is 3.01. The summed E-state index contributed by atoms with van der Waals surface area (Å²) in [5.41, 5.74) is 1.56. The van der Waals surface area contributed by atoms with Crippen LogP contribution in [0.2, 0.25) is 0 Å². The van der Waals surface area contributed by atoms with E-state index in [1.807, 2.05) is 0 Å². The molecule has 0 heterocycles. The number of carbonyl (C=O) groups is 2. The molecule has 0 aliphatic rings. The van der Waals surface area contributed by atoms with Gasteiger partial charge in [0.25, 0.3) is 0 Å². The van der Waals surface area contributed by atoms with Crippen LogP contribution < -0.4 is 15.4 Å². The number of rotatable bonds is 4. The zero-order chi connectivity index (χ0) is 16.1. The quantitative estimate of drug-likeness (QED) is 0.808. The van der Waals surface area contributed by atoms with Crippen molar-refractivity contribution in [1.29, 1.82) is 0 Å². The molecule has 0 aliphatic heterocycles. The number of amides is 2. The molecule has 22 heavy (non-hydrogen) atoms. The van der Waals surface area contributed by atoms with Gasteiger partial charge in [0.1, 0.15) is 5.75 Å². The molecule has 6 heteroatoms. The summed E-state index contributed by atoms with van der Waals surface area (Å²) in [6.07, 6.45) is 0. The van der Waals surface area contributed by atoms with Crippen molar-refractivity contribution in [2.45, 2.75) is 6.92 Å². The highest BCUT2D eigenvalue weighted by Gasteiger charge is 2.13. The Kier molecular flexibility index (Phi) is 4.63. The standard InChI is InChI=1S/C16H16N2O4/c1-10-7-8-12(11(9-10)15(19)20)17-16(21)18-13-5-3-4-6-14(13)22-2/h3-9H,1-2H3,(H,19,20)(H2,17,18,21). The maximum Gasteiger partial charge on any atom is 0.337 e. The summed E-state index contributed by atoms with van der Waals surface area (Å²) in [6, 6.07) is 11.2. The third-order valence-corrected chi connectivity index (χ3v) is 3.01. The highest BCUT2D eigenvalue weighted by molar-refractivity contribution is 6.05. The minimum Gasteiger partial charge on any atom is -0.495 e. The first-order valence-electron chi connectivity index (χ1n) is 6.56. The predicted molar refractivity (Wildman–Crippen MR) is 83.8 cm³/mol. The van der Waals surface area contributed by atoms with E-state index in [-0.39, 0.29) is 11.3 Å². The van der Waals surface area contributed by atoms with Crippen LogP contribution in [0.3, 0.4) is 0 Å². The lowest BCUT2D eigenvalue weighted by Crippen LogP contribution is -2.21. The van der Waals surface area contributed by atoms with Gasteiger partial charge < -0.3 is 20.5 Å². The molecule has 114 valence electrons. The Labute approximate surface area is 127 Å². The molecule has 2 aromatic carbocycles. The maximum atomic E-state index is 12.0. The van der Waals surface area contributed by atoms with Crippen molar-refractivity contribution in [3.8, 4) is 5.75 Å². The Morgan fingerprint density at radius 2 is 1.73 bits per heavy atom. The van der Waals surface area contributed by atoms with Crippen molar-refractivity contribution in [3.63, 3.8) is 0 Å². The van der Waals surface area contributed by atoms with Gasteiger partial charge in [-0.2, -0.15) is 0 Å². The van der Waals surface area contributed by atoms with E-state index in [2.05, 4.69) is 10.6 Å². The monoisotopic (exact) mass is 300 g/mol. The average Bonchev–Trinajstić information content (AvgIpc) is 2.49. The minimum absolute atomic E-state index is 0.0372. The molecule has 0 atom stereocenters. The Balaban J connectivity index is 2.17. The van der Waals surface area contributed by atoms with Crippen LogP contribution in [0.25, 0.3) is 0 Å². The van der Waals surface area contributed by atoms with Crippen molar-refractivity contribution in [2.24, 2.45) is 0 Å². The van der Waals surface area contributed by atoms with E-state index in [4.69, 9.17) is 4.74 Å². The SMILES string of the molecule is COc1ccccc1NC(=O)Nc1ccc(C)cc1C(=O)O. The van der Waals surface area contributed by atoms with E-state index in [0.717, 1.165) is 5.56 Å². The average molecular weight is 300 g/mol. The number of hydrogen-bond acceptors (Lipinski definition) is 3. The number of benzene rings is 2. The van der Waals surface area contributed by atoms with Crippen molar-refractivity contribution in [1.82, 2.24) is 0 Å². The topological polar surface area (TPSA) is 87.7 Å². The first-order chi connectivity index (χ1) is 10.5. The minimum atomic E-state index is -1.10. The largest absolute Gasteiger partial charge is 0.495 e. The van der Waals surface area contributed by atoms with Crippen LogP contribution in [0, 0.1) is 6.92 Å². The van der Waals surface area contributed by atoms with Crippen LogP contribution in [-0.4, -0.2) is 24.2 Å². The molecule has 2 amide bonds.